The van der Waals surface area contributed by atoms with Gasteiger partial charge in [-0.2, -0.15) is 0 Å². The fraction of sp³-hybridized carbons (Fsp3) is 0.684. The van der Waals surface area contributed by atoms with Gasteiger partial charge in [-0.25, -0.2) is 0 Å². The second kappa shape index (κ2) is 8.91. The summed E-state index contributed by atoms with van der Waals surface area (Å²) >= 11 is 0. The van der Waals surface area contributed by atoms with Crippen molar-refractivity contribution in [3.63, 3.8) is 0 Å². The molecule has 4 heteroatoms. The fourth-order valence-electron chi connectivity index (χ4n) is 3.15. The van der Waals surface area contributed by atoms with Crippen molar-refractivity contribution < 1.29 is 9.84 Å². The SMILES string of the molecule is CC1CCCCN1CC(O)COc1ccccc1C(C)(C)C.Cl. The third-order valence-corrected chi connectivity index (χ3v) is 4.51. The minimum Gasteiger partial charge on any atom is -0.491 e. The molecule has 1 heterocycles. The highest BCUT2D eigenvalue weighted by Gasteiger charge is 2.22. The van der Waals surface area contributed by atoms with Crippen LogP contribution in [-0.4, -0.2) is 41.8 Å². The second-order valence-corrected chi connectivity index (χ2v) is 7.55. The van der Waals surface area contributed by atoms with E-state index in [9.17, 15) is 5.11 Å². The smallest absolute Gasteiger partial charge is 0.123 e. The molecule has 0 radical (unpaired) electrons. The Morgan fingerprint density at radius 3 is 2.61 bits per heavy atom. The molecular weight excluding hydrogens is 310 g/mol. The monoisotopic (exact) mass is 341 g/mol. The van der Waals surface area contributed by atoms with Crippen LogP contribution in [0.3, 0.4) is 0 Å². The Morgan fingerprint density at radius 1 is 1.26 bits per heavy atom. The van der Waals surface area contributed by atoms with Crippen LogP contribution in [0.2, 0.25) is 0 Å². The molecule has 2 atom stereocenters. The van der Waals surface area contributed by atoms with E-state index in [1.807, 2.05) is 18.2 Å². The number of aliphatic hydroxyl groups is 1. The van der Waals surface area contributed by atoms with Crippen molar-refractivity contribution in [1.82, 2.24) is 4.90 Å². The van der Waals surface area contributed by atoms with E-state index in [4.69, 9.17) is 4.74 Å². The van der Waals surface area contributed by atoms with Gasteiger partial charge < -0.3 is 9.84 Å². The number of aliphatic hydroxyl groups excluding tert-OH is 1. The van der Waals surface area contributed by atoms with Gasteiger partial charge >= 0.3 is 0 Å². The summed E-state index contributed by atoms with van der Waals surface area (Å²) in [5.74, 6) is 0.890. The first-order valence-electron chi connectivity index (χ1n) is 8.52. The Hall–Kier alpha value is -0.770. The van der Waals surface area contributed by atoms with Gasteiger partial charge in [0.25, 0.3) is 0 Å². The molecular formula is C19H32ClNO2. The summed E-state index contributed by atoms with van der Waals surface area (Å²) in [6.45, 7) is 11.0. The molecule has 1 saturated heterocycles. The lowest BCUT2D eigenvalue weighted by Gasteiger charge is -2.34. The van der Waals surface area contributed by atoms with Gasteiger partial charge in [0.05, 0.1) is 0 Å². The molecule has 0 saturated carbocycles. The Balaban J connectivity index is 0.00000264. The predicted octanol–water partition coefficient (Wildman–Crippen LogP) is 4.02. The maximum absolute atomic E-state index is 10.3. The molecule has 1 N–H and O–H groups in total. The van der Waals surface area contributed by atoms with Crippen LogP contribution >= 0.6 is 12.4 Å². The minimum absolute atomic E-state index is 0. The Labute approximate surface area is 147 Å². The van der Waals surface area contributed by atoms with Crippen molar-refractivity contribution in [2.24, 2.45) is 0 Å². The molecule has 1 aromatic rings. The van der Waals surface area contributed by atoms with Crippen LogP contribution in [0.25, 0.3) is 0 Å². The van der Waals surface area contributed by atoms with Crippen LogP contribution in [0.1, 0.15) is 52.5 Å². The van der Waals surface area contributed by atoms with Crippen LogP contribution in [0.5, 0.6) is 5.75 Å². The van der Waals surface area contributed by atoms with E-state index in [1.165, 1.54) is 24.8 Å². The van der Waals surface area contributed by atoms with Crippen LogP contribution in [0, 0.1) is 0 Å². The van der Waals surface area contributed by atoms with Crippen molar-refractivity contribution in [2.45, 2.75) is 64.5 Å². The summed E-state index contributed by atoms with van der Waals surface area (Å²) in [6.07, 6.45) is 3.35. The maximum Gasteiger partial charge on any atom is 0.123 e. The van der Waals surface area contributed by atoms with Crippen molar-refractivity contribution in [1.29, 1.82) is 0 Å². The number of ether oxygens (including phenoxy) is 1. The summed E-state index contributed by atoms with van der Waals surface area (Å²) in [5, 5.41) is 10.3. The summed E-state index contributed by atoms with van der Waals surface area (Å²) in [7, 11) is 0. The van der Waals surface area contributed by atoms with Gasteiger partial charge in [0.2, 0.25) is 0 Å². The molecule has 0 amide bonds. The lowest BCUT2D eigenvalue weighted by molar-refractivity contribution is 0.0433. The van der Waals surface area contributed by atoms with Crippen molar-refractivity contribution in [2.75, 3.05) is 19.7 Å². The lowest BCUT2D eigenvalue weighted by atomic mass is 9.86. The molecule has 0 spiro atoms. The molecule has 3 nitrogen and oxygen atoms in total. The second-order valence-electron chi connectivity index (χ2n) is 7.55. The molecule has 1 aromatic carbocycles. The van der Waals surface area contributed by atoms with E-state index in [1.54, 1.807) is 0 Å². The number of benzene rings is 1. The highest BCUT2D eigenvalue weighted by atomic mass is 35.5. The van der Waals surface area contributed by atoms with Gasteiger partial charge in [-0.15, -0.1) is 12.4 Å². The molecule has 23 heavy (non-hydrogen) atoms. The molecule has 0 aliphatic carbocycles. The molecule has 1 aliphatic rings. The molecule has 0 aromatic heterocycles. The summed E-state index contributed by atoms with van der Waals surface area (Å²) < 4.78 is 5.93. The van der Waals surface area contributed by atoms with Crippen LogP contribution in [0.4, 0.5) is 0 Å². The normalized spacial score (nSPS) is 20.7. The molecule has 132 valence electrons. The van der Waals surface area contributed by atoms with Crippen LogP contribution in [0.15, 0.2) is 24.3 Å². The Morgan fingerprint density at radius 2 is 1.96 bits per heavy atom. The number of piperidine rings is 1. The van der Waals surface area contributed by atoms with E-state index >= 15 is 0 Å². The van der Waals surface area contributed by atoms with E-state index in [0.29, 0.717) is 19.2 Å². The number of rotatable bonds is 5. The van der Waals surface area contributed by atoms with Gasteiger partial charge in [-0.3, -0.25) is 4.90 Å². The third kappa shape index (κ3) is 5.98. The third-order valence-electron chi connectivity index (χ3n) is 4.51. The zero-order chi connectivity index (χ0) is 16.2. The highest BCUT2D eigenvalue weighted by Crippen LogP contribution is 2.31. The summed E-state index contributed by atoms with van der Waals surface area (Å²) in [5.41, 5.74) is 1.23. The van der Waals surface area contributed by atoms with Gasteiger partial charge in [-0.1, -0.05) is 45.4 Å². The van der Waals surface area contributed by atoms with Crippen molar-refractivity contribution in [3.05, 3.63) is 29.8 Å². The average molecular weight is 342 g/mol. The molecule has 1 aliphatic heterocycles. The lowest BCUT2D eigenvalue weighted by Crippen LogP contribution is -2.43. The number of halogens is 1. The van der Waals surface area contributed by atoms with Crippen LogP contribution < -0.4 is 4.74 Å². The van der Waals surface area contributed by atoms with Gasteiger partial charge in [0.1, 0.15) is 18.5 Å². The predicted molar refractivity (Wildman–Crippen MR) is 98.8 cm³/mol. The molecule has 1 fully saturated rings. The number of para-hydroxylation sites is 1. The van der Waals surface area contributed by atoms with Gasteiger partial charge in [0, 0.05) is 12.6 Å². The number of β-amino-alcohol motifs (C(OH)–C–C–N with tert-alkyl or cyclic N) is 1. The van der Waals surface area contributed by atoms with Gasteiger partial charge in [0.15, 0.2) is 0 Å². The Bertz CT molecular complexity index is 473. The van der Waals surface area contributed by atoms with Crippen molar-refractivity contribution >= 4 is 12.4 Å². The number of likely N-dealkylation sites (tertiary alicyclic amines) is 1. The van der Waals surface area contributed by atoms with E-state index < -0.39 is 6.10 Å². The van der Waals surface area contributed by atoms with Gasteiger partial charge in [-0.05, 0) is 43.4 Å². The fourth-order valence-corrected chi connectivity index (χ4v) is 3.15. The minimum atomic E-state index is -0.437. The number of hydrogen-bond donors (Lipinski definition) is 1. The number of nitrogens with zero attached hydrogens (tertiary/aromatic N) is 1. The quantitative estimate of drug-likeness (QED) is 0.878. The first kappa shape index (κ1) is 20.3. The van der Waals surface area contributed by atoms with E-state index in [0.717, 1.165) is 12.3 Å². The first-order chi connectivity index (χ1) is 10.4. The first-order valence-corrected chi connectivity index (χ1v) is 8.52. The molecule has 0 bridgehead atoms. The maximum atomic E-state index is 10.3. The molecule has 2 unspecified atom stereocenters. The Kier molecular flexibility index (Phi) is 7.85. The molecule has 2 rings (SSSR count). The highest BCUT2D eigenvalue weighted by molar-refractivity contribution is 5.85. The van der Waals surface area contributed by atoms with Crippen molar-refractivity contribution in [3.8, 4) is 5.75 Å². The average Bonchev–Trinajstić information content (AvgIpc) is 2.47. The topological polar surface area (TPSA) is 32.7 Å². The zero-order valence-corrected chi connectivity index (χ0v) is 15.7. The largest absolute Gasteiger partial charge is 0.491 e. The zero-order valence-electron chi connectivity index (χ0n) is 14.9. The van der Waals surface area contributed by atoms with E-state index in [2.05, 4.69) is 38.7 Å². The standard InChI is InChI=1S/C19H31NO2.ClH/c1-15-9-7-8-12-20(15)13-16(21)14-22-18-11-6-5-10-17(18)19(2,3)4;/h5-6,10-11,15-16,21H,7-9,12-14H2,1-4H3;1H. The number of hydrogen-bond acceptors (Lipinski definition) is 3. The summed E-state index contributed by atoms with van der Waals surface area (Å²) in [6, 6.07) is 8.71. The summed E-state index contributed by atoms with van der Waals surface area (Å²) in [4.78, 5) is 2.38. The van der Waals surface area contributed by atoms with Crippen LogP contribution in [-0.2, 0) is 5.41 Å². The van der Waals surface area contributed by atoms with E-state index in [-0.39, 0.29) is 17.8 Å².